The summed E-state index contributed by atoms with van der Waals surface area (Å²) in [7, 11) is 1.71. The Kier molecular flexibility index (Phi) is 6.64. The lowest BCUT2D eigenvalue weighted by Gasteiger charge is -2.15. The molecule has 1 unspecified atom stereocenters. The van der Waals surface area contributed by atoms with E-state index < -0.39 is 0 Å². The van der Waals surface area contributed by atoms with Crippen LogP contribution in [0.5, 0.6) is 0 Å². The molecular weight excluding hydrogens is 256 g/mol. The highest BCUT2D eigenvalue weighted by atomic mass is 79.9. The second-order valence-corrected chi connectivity index (χ2v) is 3.92. The summed E-state index contributed by atoms with van der Waals surface area (Å²) >= 11 is 3.47. The molecule has 1 aromatic rings. The van der Waals surface area contributed by atoms with Gasteiger partial charge in [-0.3, -0.25) is 0 Å². The molecule has 2 nitrogen and oxygen atoms in total. The van der Waals surface area contributed by atoms with E-state index in [9.17, 15) is 0 Å². The number of methoxy groups -OCH3 is 1. The molecule has 0 aromatic heterocycles. The van der Waals surface area contributed by atoms with Crippen LogP contribution in [0.1, 0.15) is 18.1 Å². The first-order valence-electron chi connectivity index (χ1n) is 5.10. The van der Waals surface area contributed by atoms with Gasteiger partial charge in [0.05, 0.1) is 6.10 Å². The maximum absolute atomic E-state index is 5.75. The third kappa shape index (κ3) is 4.78. The van der Waals surface area contributed by atoms with Crippen LogP contribution in [-0.2, 0) is 9.47 Å². The second-order valence-electron chi connectivity index (χ2n) is 3.27. The van der Waals surface area contributed by atoms with Crippen molar-refractivity contribution >= 4 is 15.9 Å². The van der Waals surface area contributed by atoms with Crippen molar-refractivity contribution in [1.82, 2.24) is 0 Å². The van der Waals surface area contributed by atoms with E-state index in [1.165, 1.54) is 5.56 Å². The summed E-state index contributed by atoms with van der Waals surface area (Å²) in [6, 6.07) is 10.2. The van der Waals surface area contributed by atoms with Crippen molar-refractivity contribution in [3.63, 3.8) is 0 Å². The molecule has 0 N–H and O–H groups in total. The van der Waals surface area contributed by atoms with Crippen LogP contribution >= 0.6 is 15.9 Å². The summed E-state index contributed by atoms with van der Waals surface area (Å²) in [5, 5.41) is 0.823. The Hall–Kier alpha value is -0.380. The molecule has 1 rings (SSSR count). The Morgan fingerprint density at radius 3 is 2.53 bits per heavy atom. The van der Waals surface area contributed by atoms with E-state index in [0.717, 1.165) is 25.0 Å². The van der Waals surface area contributed by atoms with Gasteiger partial charge in [-0.05, 0) is 12.0 Å². The largest absolute Gasteiger partial charge is 0.385 e. The highest BCUT2D eigenvalue weighted by Crippen LogP contribution is 2.19. The fourth-order valence-corrected chi connectivity index (χ4v) is 1.89. The average Bonchev–Trinajstić information content (AvgIpc) is 2.30. The van der Waals surface area contributed by atoms with Crippen LogP contribution in [0.15, 0.2) is 30.3 Å². The van der Waals surface area contributed by atoms with Gasteiger partial charge in [-0.25, -0.2) is 0 Å². The summed E-state index contributed by atoms with van der Waals surface area (Å²) in [5.41, 5.74) is 1.21. The topological polar surface area (TPSA) is 18.5 Å². The Labute approximate surface area is 99.7 Å². The molecule has 0 aliphatic carbocycles. The van der Waals surface area contributed by atoms with Crippen molar-refractivity contribution in [2.24, 2.45) is 0 Å². The zero-order valence-electron chi connectivity index (χ0n) is 8.99. The van der Waals surface area contributed by atoms with Crippen LogP contribution in [0, 0.1) is 0 Å². The summed E-state index contributed by atoms with van der Waals surface area (Å²) < 4.78 is 10.7. The summed E-state index contributed by atoms with van der Waals surface area (Å²) in [6.45, 7) is 1.49. The lowest BCUT2D eigenvalue weighted by atomic mass is 10.1. The summed E-state index contributed by atoms with van der Waals surface area (Å²) in [6.07, 6.45) is 1.08. The second kappa shape index (κ2) is 7.85. The molecule has 0 radical (unpaired) electrons. The molecule has 0 spiro atoms. The molecule has 1 atom stereocenters. The van der Waals surface area contributed by atoms with E-state index in [1.807, 2.05) is 18.2 Å². The molecule has 1 aromatic carbocycles. The summed E-state index contributed by atoms with van der Waals surface area (Å²) in [5.74, 6) is 0. The fraction of sp³-hybridized carbons (Fsp3) is 0.500. The lowest BCUT2D eigenvalue weighted by molar-refractivity contribution is 0.0532. The molecule has 0 aliphatic rings. The molecule has 3 heteroatoms. The van der Waals surface area contributed by atoms with Gasteiger partial charge in [-0.1, -0.05) is 46.3 Å². The van der Waals surface area contributed by atoms with E-state index >= 15 is 0 Å². The fourth-order valence-electron chi connectivity index (χ4n) is 1.33. The number of hydrogen-bond acceptors (Lipinski definition) is 2. The van der Waals surface area contributed by atoms with E-state index in [0.29, 0.717) is 0 Å². The number of ether oxygens (including phenoxy) is 2. The minimum Gasteiger partial charge on any atom is -0.385 e. The van der Waals surface area contributed by atoms with Crippen LogP contribution in [0.4, 0.5) is 0 Å². The van der Waals surface area contributed by atoms with Gasteiger partial charge in [-0.15, -0.1) is 0 Å². The monoisotopic (exact) mass is 272 g/mol. The number of rotatable bonds is 7. The third-order valence-electron chi connectivity index (χ3n) is 2.12. The maximum atomic E-state index is 5.75. The molecule has 0 bridgehead atoms. The Balaban J connectivity index is 2.36. The van der Waals surface area contributed by atoms with Gasteiger partial charge < -0.3 is 9.47 Å². The first-order valence-corrected chi connectivity index (χ1v) is 6.22. The average molecular weight is 273 g/mol. The smallest absolute Gasteiger partial charge is 0.0921 e. The van der Waals surface area contributed by atoms with Crippen LogP contribution in [0.25, 0.3) is 0 Å². The normalized spacial score (nSPS) is 12.7. The van der Waals surface area contributed by atoms with E-state index in [2.05, 4.69) is 28.1 Å². The number of halogens is 1. The zero-order valence-corrected chi connectivity index (χ0v) is 10.6. The minimum atomic E-state index is 0.142. The summed E-state index contributed by atoms with van der Waals surface area (Å²) in [4.78, 5) is 0. The van der Waals surface area contributed by atoms with Crippen molar-refractivity contribution in [2.75, 3.05) is 25.7 Å². The van der Waals surface area contributed by atoms with Crippen molar-refractivity contribution in [2.45, 2.75) is 12.5 Å². The van der Waals surface area contributed by atoms with Crippen molar-refractivity contribution in [3.05, 3.63) is 35.9 Å². The number of hydrogen-bond donors (Lipinski definition) is 0. The highest BCUT2D eigenvalue weighted by molar-refractivity contribution is 9.09. The molecule has 84 valence electrons. The quantitative estimate of drug-likeness (QED) is 0.561. The van der Waals surface area contributed by atoms with Gasteiger partial charge >= 0.3 is 0 Å². The Morgan fingerprint density at radius 2 is 1.93 bits per heavy atom. The van der Waals surface area contributed by atoms with Gasteiger partial charge in [0.25, 0.3) is 0 Å². The number of benzene rings is 1. The van der Waals surface area contributed by atoms with Gasteiger partial charge in [0, 0.05) is 25.7 Å². The molecule has 15 heavy (non-hydrogen) atoms. The van der Waals surface area contributed by atoms with Crippen LogP contribution in [0.3, 0.4) is 0 Å². The van der Waals surface area contributed by atoms with Crippen LogP contribution < -0.4 is 0 Å². The number of alkyl halides is 1. The minimum absolute atomic E-state index is 0.142. The van der Waals surface area contributed by atoms with Crippen LogP contribution in [0.2, 0.25) is 0 Å². The predicted octanol–water partition coefficient (Wildman–Crippen LogP) is 3.18. The molecule has 0 saturated carbocycles. The maximum Gasteiger partial charge on any atom is 0.0921 e. The van der Waals surface area contributed by atoms with E-state index in [4.69, 9.17) is 9.47 Å². The molecular formula is C12H17BrO2. The van der Waals surface area contributed by atoms with Gasteiger partial charge in [-0.2, -0.15) is 0 Å². The lowest BCUT2D eigenvalue weighted by Crippen LogP contribution is -2.08. The van der Waals surface area contributed by atoms with Crippen molar-refractivity contribution < 1.29 is 9.47 Å². The molecule has 0 aliphatic heterocycles. The Morgan fingerprint density at radius 1 is 1.20 bits per heavy atom. The molecule has 0 amide bonds. The van der Waals surface area contributed by atoms with Gasteiger partial charge in [0.2, 0.25) is 0 Å². The first kappa shape index (κ1) is 12.7. The van der Waals surface area contributed by atoms with Crippen molar-refractivity contribution in [1.29, 1.82) is 0 Å². The van der Waals surface area contributed by atoms with Crippen LogP contribution in [-0.4, -0.2) is 25.7 Å². The Bertz CT molecular complexity index is 251. The molecule has 0 fully saturated rings. The third-order valence-corrected chi connectivity index (χ3v) is 2.71. The standard InChI is InChI=1S/C12H17BrO2/c1-14-8-5-9-15-12(10-13)11-6-3-2-4-7-11/h2-4,6-7,12H,5,8-10H2,1H3. The van der Waals surface area contributed by atoms with E-state index in [-0.39, 0.29) is 6.10 Å². The predicted molar refractivity (Wildman–Crippen MR) is 65.4 cm³/mol. The molecule has 0 saturated heterocycles. The highest BCUT2D eigenvalue weighted by Gasteiger charge is 2.08. The first-order chi connectivity index (χ1) is 7.38. The van der Waals surface area contributed by atoms with Crippen molar-refractivity contribution in [3.8, 4) is 0 Å². The van der Waals surface area contributed by atoms with Gasteiger partial charge in [0.1, 0.15) is 0 Å². The van der Waals surface area contributed by atoms with E-state index in [1.54, 1.807) is 7.11 Å². The van der Waals surface area contributed by atoms with Gasteiger partial charge in [0.15, 0.2) is 0 Å². The zero-order chi connectivity index (χ0) is 10.9. The molecule has 0 heterocycles. The SMILES string of the molecule is COCCCOC(CBr)c1ccccc1.